The van der Waals surface area contributed by atoms with E-state index in [9.17, 15) is 4.39 Å². The van der Waals surface area contributed by atoms with E-state index in [0.717, 1.165) is 5.56 Å². The predicted octanol–water partition coefficient (Wildman–Crippen LogP) is 2.10. The quantitative estimate of drug-likeness (QED) is 0.717. The molecule has 0 atom stereocenters. The van der Waals surface area contributed by atoms with Gasteiger partial charge >= 0.3 is 0 Å². The van der Waals surface area contributed by atoms with Gasteiger partial charge in [-0.1, -0.05) is 26.0 Å². The number of rotatable bonds is 2. The minimum absolute atomic E-state index is 0.0243. The van der Waals surface area contributed by atoms with Gasteiger partial charge in [0.25, 0.3) is 0 Å². The van der Waals surface area contributed by atoms with Crippen LogP contribution in [0.25, 0.3) is 0 Å². The molecule has 1 nitrogen and oxygen atoms in total. The van der Waals surface area contributed by atoms with Crippen molar-refractivity contribution in [1.82, 2.24) is 0 Å². The molecule has 1 aromatic rings. The van der Waals surface area contributed by atoms with Gasteiger partial charge in [-0.15, -0.1) is 0 Å². The van der Waals surface area contributed by atoms with Crippen molar-refractivity contribution in [3.63, 3.8) is 0 Å². The fourth-order valence-corrected chi connectivity index (χ4v) is 1.00. The SMILES string of the molecule is CC(C)(CO)c1cccc(F)c1. The van der Waals surface area contributed by atoms with E-state index in [0.29, 0.717) is 0 Å². The summed E-state index contributed by atoms with van der Waals surface area (Å²) in [5.41, 5.74) is 0.465. The summed E-state index contributed by atoms with van der Waals surface area (Å²) in [5.74, 6) is -0.256. The first-order valence-corrected chi connectivity index (χ1v) is 3.93. The van der Waals surface area contributed by atoms with E-state index in [-0.39, 0.29) is 17.8 Å². The van der Waals surface area contributed by atoms with Gasteiger partial charge in [0.15, 0.2) is 0 Å². The minimum Gasteiger partial charge on any atom is -0.395 e. The van der Waals surface area contributed by atoms with Crippen molar-refractivity contribution in [3.05, 3.63) is 35.6 Å². The van der Waals surface area contributed by atoms with Crippen molar-refractivity contribution in [2.75, 3.05) is 6.61 Å². The highest BCUT2D eigenvalue weighted by Crippen LogP contribution is 2.22. The molecule has 0 bridgehead atoms. The van der Waals surface area contributed by atoms with E-state index in [1.807, 2.05) is 19.9 Å². The number of halogens is 1. The second kappa shape index (κ2) is 3.23. The Labute approximate surface area is 71.9 Å². The van der Waals surface area contributed by atoms with Crippen molar-refractivity contribution in [1.29, 1.82) is 0 Å². The minimum atomic E-state index is -0.359. The lowest BCUT2D eigenvalue weighted by Crippen LogP contribution is -2.21. The van der Waals surface area contributed by atoms with Gasteiger partial charge in [-0.25, -0.2) is 4.39 Å². The number of hydrogen-bond acceptors (Lipinski definition) is 1. The van der Waals surface area contributed by atoms with E-state index in [4.69, 9.17) is 5.11 Å². The summed E-state index contributed by atoms with van der Waals surface area (Å²) in [7, 11) is 0. The topological polar surface area (TPSA) is 20.2 Å². The molecule has 0 saturated heterocycles. The maximum atomic E-state index is 12.8. The zero-order chi connectivity index (χ0) is 9.19. The van der Waals surface area contributed by atoms with Crippen molar-refractivity contribution in [2.24, 2.45) is 0 Å². The number of benzene rings is 1. The van der Waals surface area contributed by atoms with E-state index in [1.54, 1.807) is 6.07 Å². The maximum Gasteiger partial charge on any atom is 0.123 e. The van der Waals surface area contributed by atoms with Gasteiger partial charge in [0.2, 0.25) is 0 Å². The van der Waals surface area contributed by atoms with Crippen LogP contribution in [0.1, 0.15) is 19.4 Å². The van der Waals surface area contributed by atoms with Gasteiger partial charge in [-0.2, -0.15) is 0 Å². The number of aliphatic hydroxyl groups excluding tert-OH is 1. The van der Waals surface area contributed by atoms with Gasteiger partial charge in [0, 0.05) is 5.41 Å². The van der Waals surface area contributed by atoms with E-state index in [1.165, 1.54) is 12.1 Å². The van der Waals surface area contributed by atoms with Crippen molar-refractivity contribution in [2.45, 2.75) is 19.3 Å². The van der Waals surface area contributed by atoms with Crippen molar-refractivity contribution < 1.29 is 9.50 Å². The Kier molecular flexibility index (Phi) is 2.48. The summed E-state index contributed by atoms with van der Waals surface area (Å²) in [5, 5.41) is 9.02. The maximum absolute atomic E-state index is 12.8. The normalized spacial score (nSPS) is 11.7. The summed E-state index contributed by atoms with van der Waals surface area (Å²) in [6.07, 6.45) is 0. The third-order valence-electron chi connectivity index (χ3n) is 2.00. The molecule has 0 unspecified atom stereocenters. The Morgan fingerprint density at radius 1 is 1.42 bits per heavy atom. The average Bonchev–Trinajstić information content (AvgIpc) is 2.05. The Morgan fingerprint density at radius 2 is 2.08 bits per heavy atom. The van der Waals surface area contributed by atoms with E-state index >= 15 is 0 Å². The van der Waals surface area contributed by atoms with Crippen LogP contribution in [0.5, 0.6) is 0 Å². The molecule has 0 aliphatic carbocycles. The third-order valence-corrected chi connectivity index (χ3v) is 2.00. The van der Waals surface area contributed by atoms with Crippen LogP contribution >= 0.6 is 0 Å². The molecule has 0 spiro atoms. The summed E-state index contributed by atoms with van der Waals surface area (Å²) >= 11 is 0. The second-order valence-electron chi connectivity index (χ2n) is 3.55. The largest absolute Gasteiger partial charge is 0.395 e. The Morgan fingerprint density at radius 3 is 2.58 bits per heavy atom. The predicted molar refractivity (Wildman–Crippen MR) is 46.5 cm³/mol. The van der Waals surface area contributed by atoms with Crippen molar-refractivity contribution >= 4 is 0 Å². The lowest BCUT2D eigenvalue weighted by atomic mass is 9.86. The summed E-state index contributed by atoms with van der Waals surface area (Å²) in [6, 6.07) is 6.33. The highest BCUT2D eigenvalue weighted by Gasteiger charge is 2.19. The highest BCUT2D eigenvalue weighted by molar-refractivity contribution is 5.24. The lowest BCUT2D eigenvalue weighted by Gasteiger charge is -2.21. The van der Waals surface area contributed by atoms with Gasteiger partial charge in [0.1, 0.15) is 5.82 Å². The average molecular weight is 168 g/mol. The Balaban J connectivity index is 3.03. The van der Waals surface area contributed by atoms with Crippen LogP contribution < -0.4 is 0 Å². The summed E-state index contributed by atoms with van der Waals surface area (Å²) in [6.45, 7) is 3.78. The molecule has 0 heterocycles. The van der Waals surface area contributed by atoms with E-state index in [2.05, 4.69) is 0 Å². The molecule has 12 heavy (non-hydrogen) atoms. The van der Waals surface area contributed by atoms with Gasteiger partial charge in [0.05, 0.1) is 6.61 Å². The zero-order valence-electron chi connectivity index (χ0n) is 7.34. The molecule has 1 rings (SSSR count). The molecule has 2 heteroatoms. The molecule has 0 aromatic heterocycles. The standard InChI is InChI=1S/C10H13FO/c1-10(2,7-12)8-4-3-5-9(11)6-8/h3-6,12H,7H2,1-2H3. The molecule has 0 aliphatic rings. The van der Waals surface area contributed by atoms with Gasteiger partial charge in [-0.05, 0) is 17.7 Å². The fraction of sp³-hybridized carbons (Fsp3) is 0.400. The third kappa shape index (κ3) is 1.83. The smallest absolute Gasteiger partial charge is 0.123 e. The molecule has 1 aromatic carbocycles. The highest BCUT2D eigenvalue weighted by atomic mass is 19.1. The summed E-state index contributed by atoms with van der Waals surface area (Å²) in [4.78, 5) is 0. The van der Waals surface area contributed by atoms with E-state index < -0.39 is 0 Å². The second-order valence-corrected chi connectivity index (χ2v) is 3.55. The first-order valence-electron chi connectivity index (χ1n) is 3.93. The summed E-state index contributed by atoms with van der Waals surface area (Å²) < 4.78 is 12.8. The van der Waals surface area contributed by atoms with Crippen LogP contribution in [0.2, 0.25) is 0 Å². The lowest BCUT2D eigenvalue weighted by molar-refractivity contribution is 0.218. The molecular formula is C10H13FO. The molecule has 0 radical (unpaired) electrons. The Bertz CT molecular complexity index is 268. The monoisotopic (exact) mass is 168 g/mol. The number of aliphatic hydroxyl groups is 1. The molecule has 0 aliphatic heterocycles. The molecule has 0 amide bonds. The van der Waals surface area contributed by atoms with Crippen LogP contribution in [-0.2, 0) is 5.41 Å². The zero-order valence-corrected chi connectivity index (χ0v) is 7.34. The molecule has 1 N–H and O–H groups in total. The molecule has 66 valence electrons. The van der Waals surface area contributed by atoms with Gasteiger partial charge < -0.3 is 5.11 Å². The van der Waals surface area contributed by atoms with Crippen LogP contribution in [0.15, 0.2) is 24.3 Å². The fourth-order valence-electron chi connectivity index (χ4n) is 1.00. The van der Waals surface area contributed by atoms with Crippen LogP contribution in [0, 0.1) is 5.82 Å². The molecule has 0 fully saturated rings. The van der Waals surface area contributed by atoms with Crippen molar-refractivity contribution in [3.8, 4) is 0 Å². The number of hydrogen-bond donors (Lipinski definition) is 1. The van der Waals surface area contributed by atoms with Crippen LogP contribution in [0.4, 0.5) is 4.39 Å². The first kappa shape index (κ1) is 9.20. The molecule has 0 saturated carbocycles. The first-order chi connectivity index (χ1) is 5.56. The molecular weight excluding hydrogens is 155 g/mol. The van der Waals surface area contributed by atoms with Crippen LogP contribution in [0.3, 0.4) is 0 Å². The van der Waals surface area contributed by atoms with Gasteiger partial charge in [-0.3, -0.25) is 0 Å². The van der Waals surface area contributed by atoms with Crippen LogP contribution in [-0.4, -0.2) is 11.7 Å². The Hall–Kier alpha value is -0.890.